The lowest BCUT2D eigenvalue weighted by Crippen LogP contribution is -2.69. The number of benzene rings is 1. The molecule has 1 aromatic carbocycles. The van der Waals surface area contributed by atoms with E-state index in [1.54, 1.807) is 21.0 Å². The summed E-state index contributed by atoms with van der Waals surface area (Å²) in [6.07, 6.45) is 4.51. The zero-order valence-electron chi connectivity index (χ0n) is 29.1. The van der Waals surface area contributed by atoms with Crippen molar-refractivity contribution in [1.82, 2.24) is 5.32 Å². The van der Waals surface area contributed by atoms with Crippen LogP contribution < -0.4 is 10.1 Å². The second-order valence-corrected chi connectivity index (χ2v) is 13.0. The van der Waals surface area contributed by atoms with Crippen molar-refractivity contribution in [3.8, 4) is 5.75 Å². The number of nitrogens with one attached hydrogen (secondary N) is 1. The lowest BCUT2D eigenvalue weighted by atomic mass is 9.94. The fraction of sp³-hybridized carbons (Fsp3) is 0.750. The Kier molecular flexibility index (Phi) is 17.1. The average molecular weight is 688 g/mol. The molecule has 0 aliphatic carbocycles. The molecule has 0 spiro atoms. The molecular weight excluding hydrogens is 631 g/mol. The lowest BCUT2D eigenvalue weighted by Gasteiger charge is -2.51. The summed E-state index contributed by atoms with van der Waals surface area (Å²) in [6, 6.07) is 6.36. The van der Waals surface area contributed by atoms with Crippen LogP contribution in [-0.2, 0) is 39.8 Å². The molecule has 9 nitrogen and oxygen atoms in total. The van der Waals surface area contributed by atoms with E-state index < -0.39 is 48.5 Å². The minimum absolute atomic E-state index is 0.0135. The fourth-order valence-corrected chi connectivity index (χ4v) is 5.98. The minimum atomic E-state index is -5.11. The van der Waals surface area contributed by atoms with Gasteiger partial charge in [-0.15, -0.1) is 6.58 Å². The summed E-state index contributed by atoms with van der Waals surface area (Å²) in [5.41, 5.74) is 0.996. The second kappa shape index (κ2) is 20.5. The number of hydrogen-bond acceptors (Lipinski definition) is 8. The van der Waals surface area contributed by atoms with Crippen LogP contribution in [0.25, 0.3) is 0 Å². The highest BCUT2D eigenvalue weighted by atomic mass is 19.4. The standard InChI is InChI=1S/C36H56F3NO8/c1-6-8-9-10-11-12-13-14-15-16-28(45-24-26-17-19-27(42-5)20-18-26)21-23-43-32-30(40-34(41)36(37,38)39)33(44-22-7-2)47-29-25-46-35(3,4)48-31(29)32/h7,17-20,28-33H,2,6,8-16,21-25H2,1,3-5H3,(H,40,41)/t28-,29-,30-,31-,32-,33+/m1/s1. The molecule has 0 saturated carbocycles. The Morgan fingerprint density at radius 1 is 1.04 bits per heavy atom. The Bertz CT molecular complexity index is 1070. The van der Waals surface area contributed by atoms with Crippen LogP contribution in [0.15, 0.2) is 36.9 Å². The number of rotatable bonds is 22. The van der Waals surface area contributed by atoms with Crippen LogP contribution >= 0.6 is 0 Å². The van der Waals surface area contributed by atoms with Crippen LogP contribution in [0.3, 0.4) is 0 Å². The third kappa shape index (κ3) is 13.6. The summed E-state index contributed by atoms with van der Waals surface area (Å²) in [5.74, 6) is -2.40. The predicted molar refractivity (Wildman–Crippen MR) is 175 cm³/mol. The first-order valence-electron chi connectivity index (χ1n) is 17.4. The average Bonchev–Trinajstić information content (AvgIpc) is 3.05. The van der Waals surface area contributed by atoms with Crippen molar-refractivity contribution in [2.75, 3.05) is 26.9 Å². The van der Waals surface area contributed by atoms with Gasteiger partial charge in [0.05, 0.1) is 33.0 Å². The van der Waals surface area contributed by atoms with Crippen LogP contribution in [0.2, 0.25) is 0 Å². The highest BCUT2D eigenvalue weighted by molar-refractivity contribution is 5.82. The number of carbonyl (C=O) groups is 1. The van der Waals surface area contributed by atoms with Gasteiger partial charge in [-0.3, -0.25) is 4.79 Å². The Labute approximate surface area is 284 Å². The van der Waals surface area contributed by atoms with E-state index in [2.05, 4.69) is 18.8 Å². The van der Waals surface area contributed by atoms with Crippen molar-refractivity contribution in [3.63, 3.8) is 0 Å². The van der Waals surface area contributed by atoms with Gasteiger partial charge < -0.3 is 38.5 Å². The summed E-state index contributed by atoms with van der Waals surface area (Å²) in [4.78, 5) is 12.2. The van der Waals surface area contributed by atoms with Crippen molar-refractivity contribution >= 4 is 5.91 Å². The van der Waals surface area contributed by atoms with Gasteiger partial charge in [-0.1, -0.05) is 82.9 Å². The van der Waals surface area contributed by atoms with Crippen LogP contribution in [0.4, 0.5) is 13.2 Å². The summed E-state index contributed by atoms with van der Waals surface area (Å²) >= 11 is 0. The van der Waals surface area contributed by atoms with Crippen molar-refractivity contribution in [1.29, 1.82) is 0 Å². The zero-order valence-corrected chi connectivity index (χ0v) is 29.1. The van der Waals surface area contributed by atoms with Crippen LogP contribution in [0.1, 0.15) is 97.0 Å². The van der Waals surface area contributed by atoms with Crippen LogP contribution in [0.5, 0.6) is 5.75 Å². The highest BCUT2D eigenvalue weighted by Gasteiger charge is 2.54. The molecule has 2 aliphatic rings. The van der Waals surface area contributed by atoms with Gasteiger partial charge in [0.15, 0.2) is 12.1 Å². The third-order valence-corrected chi connectivity index (χ3v) is 8.62. The maximum Gasteiger partial charge on any atom is 0.471 e. The van der Waals surface area contributed by atoms with Gasteiger partial charge in [-0.05, 0) is 44.4 Å². The van der Waals surface area contributed by atoms with Gasteiger partial charge in [0, 0.05) is 6.61 Å². The molecule has 12 heteroatoms. The van der Waals surface area contributed by atoms with E-state index in [4.69, 9.17) is 33.2 Å². The number of halogens is 3. The molecule has 1 N–H and O–H groups in total. The number of alkyl halides is 3. The monoisotopic (exact) mass is 687 g/mol. The molecule has 1 aromatic rings. The maximum atomic E-state index is 13.4. The predicted octanol–water partition coefficient (Wildman–Crippen LogP) is 7.40. The minimum Gasteiger partial charge on any atom is -0.497 e. The van der Waals surface area contributed by atoms with Gasteiger partial charge in [0.2, 0.25) is 0 Å². The molecule has 2 fully saturated rings. The molecule has 2 heterocycles. The Hall–Kier alpha value is -2.22. The number of unbranched alkanes of at least 4 members (excludes halogenated alkanes) is 8. The quantitative estimate of drug-likeness (QED) is 0.0996. The van der Waals surface area contributed by atoms with Crippen molar-refractivity contribution in [3.05, 3.63) is 42.5 Å². The van der Waals surface area contributed by atoms with Gasteiger partial charge in [0.1, 0.15) is 30.1 Å². The molecule has 0 bridgehead atoms. The Balaban J connectivity index is 1.69. The van der Waals surface area contributed by atoms with E-state index >= 15 is 0 Å². The summed E-state index contributed by atoms with van der Waals surface area (Å²) in [5, 5.41) is 2.06. The summed E-state index contributed by atoms with van der Waals surface area (Å²) in [7, 11) is 1.62. The molecule has 6 atom stereocenters. The van der Waals surface area contributed by atoms with Crippen molar-refractivity contribution < 1.29 is 51.1 Å². The number of amides is 1. The van der Waals surface area contributed by atoms with E-state index in [9.17, 15) is 18.0 Å². The maximum absolute atomic E-state index is 13.4. The molecule has 0 aromatic heterocycles. The first kappa shape index (κ1) is 40.2. The molecule has 2 saturated heterocycles. The molecule has 0 radical (unpaired) electrons. The van der Waals surface area contributed by atoms with Crippen molar-refractivity contribution in [2.24, 2.45) is 0 Å². The molecule has 2 aliphatic heterocycles. The summed E-state index contributed by atoms with van der Waals surface area (Å²) < 4.78 is 81.8. The van der Waals surface area contributed by atoms with Crippen molar-refractivity contribution in [2.45, 2.75) is 147 Å². The number of hydrogen-bond donors (Lipinski definition) is 1. The number of ether oxygens (including phenoxy) is 7. The molecule has 3 rings (SSSR count). The van der Waals surface area contributed by atoms with E-state index in [-0.39, 0.29) is 25.9 Å². The Morgan fingerprint density at radius 2 is 1.71 bits per heavy atom. The largest absolute Gasteiger partial charge is 0.497 e. The molecular formula is C36H56F3NO8. The lowest BCUT2D eigenvalue weighted by molar-refractivity contribution is -0.371. The zero-order chi connectivity index (χ0) is 35.0. The highest BCUT2D eigenvalue weighted by Crippen LogP contribution is 2.35. The van der Waals surface area contributed by atoms with Gasteiger partial charge in [-0.25, -0.2) is 0 Å². The SMILES string of the molecule is C=CCO[C@H]1O[C@@H]2COC(C)(C)O[C@H]2[C@H](OCC[C@@H](CCCCCCCCCCC)OCc2ccc(OC)cc2)[C@H]1NC(=O)C(F)(F)F. The van der Waals surface area contributed by atoms with Crippen LogP contribution in [-0.4, -0.2) is 81.5 Å². The van der Waals surface area contributed by atoms with E-state index in [0.29, 0.717) is 13.0 Å². The fourth-order valence-electron chi connectivity index (χ4n) is 5.98. The van der Waals surface area contributed by atoms with E-state index in [1.165, 1.54) is 51.0 Å². The first-order valence-corrected chi connectivity index (χ1v) is 17.4. The molecule has 0 unspecified atom stereocenters. The van der Waals surface area contributed by atoms with Crippen LogP contribution in [0, 0.1) is 0 Å². The third-order valence-electron chi connectivity index (χ3n) is 8.62. The van der Waals surface area contributed by atoms with Gasteiger partial charge in [-0.2, -0.15) is 13.2 Å². The van der Waals surface area contributed by atoms with E-state index in [1.807, 2.05) is 24.3 Å². The second-order valence-electron chi connectivity index (χ2n) is 13.0. The first-order chi connectivity index (χ1) is 23.0. The van der Waals surface area contributed by atoms with Gasteiger partial charge >= 0.3 is 12.1 Å². The smallest absolute Gasteiger partial charge is 0.471 e. The number of methoxy groups -OCH3 is 1. The Morgan fingerprint density at radius 3 is 2.33 bits per heavy atom. The summed E-state index contributed by atoms with van der Waals surface area (Å²) in [6.45, 7) is 9.88. The molecule has 48 heavy (non-hydrogen) atoms. The van der Waals surface area contributed by atoms with Gasteiger partial charge in [0.25, 0.3) is 0 Å². The number of carbonyl (C=O) groups excluding carboxylic acids is 1. The topological polar surface area (TPSA) is 93.7 Å². The number of fused-ring (bicyclic) bond motifs is 1. The molecule has 1 amide bonds. The van der Waals surface area contributed by atoms with E-state index in [0.717, 1.165) is 30.6 Å². The normalized spacial score (nSPS) is 24.4. The molecule has 274 valence electrons.